The molecule has 3 aliphatic heterocycles. The van der Waals surface area contributed by atoms with Crippen LogP contribution in [0.2, 0.25) is 5.02 Å². The van der Waals surface area contributed by atoms with Gasteiger partial charge in [0.1, 0.15) is 18.4 Å². The molecule has 4 aliphatic rings. The number of aromatic nitrogens is 1. The molecule has 3 atom stereocenters. The third-order valence-corrected chi connectivity index (χ3v) is 8.94. The van der Waals surface area contributed by atoms with E-state index in [1.54, 1.807) is 6.07 Å². The average Bonchev–Trinajstić information content (AvgIpc) is 3.38. The topological polar surface area (TPSA) is 103 Å². The fourth-order valence-electron chi connectivity index (χ4n) is 6.88. The van der Waals surface area contributed by atoms with Gasteiger partial charge in [-0.15, -0.1) is 0 Å². The van der Waals surface area contributed by atoms with Crippen LogP contribution in [0, 0.1) is 0 Å². The molecule has 0 saturated carbocycles. The van der Waals surface area contributed by atoms with E-state index in [9.17, 15) is 9.18 Å². The molecule has 8 nitrogen and oxygen atoms in total. The first-order chi connectivity index (χ1) is 18.5. The van der Waals surface area contributed by atoms with Crippen LogP contribution in [0.1, 0.15) is 75.3 Å². The van der Waals surface area contributed by atoms with Gasteiger partial charge in [-0.05, 0) is 82.7 Å². The molecule has 2 saturated heterocycles. The van der Waals surface area contributed by atoms with Gasteiger partial charge in [0.25, 0.3) is 0 Å². The summed E-state index contributed by atoms with van der Waals surface area (Å²) in [5.41, 5.74) is 3.32. The van der Waals surface area contributed by atoms with Crippen LogP contribution < -0.4 is 16.2 Å². The Labute approximate surface area is 240 Å². The van der Waals surface area contributed by atoms with Gasteiger partial charge in [-0.1, -0.05) is 17.7 Å². The minimum Gasteiger partial charge on any atom is -0.476 e. The highest BCUT2D eigenvalue weighted by molar-refractivity contribution is 6.31. The number of pyridine rings is 1. The van der Waals surface area contributed by atoms with Crippen molar-refractivity contribution in [2.45, 2.75) is 95.2 Å². The number of hydrogen-bond donors (Lipinski definition) is 1. The normalized spacial score (nSPS) is 27.4. The van der Waals surface area contributed by atoms with Gasteiger partial charge in [-0.2, -0.15) is 0 Å². The first-order valence-electron chi connectivity index (χ1n) is 14.0. The largest absolute Gasteiger partial charge is 0.476 e. The van der Waals surface area contributed by atoms with Crippen molar-refractivity contribution >= 4 is 23.4 Å². The van der Waals surface area contributed by atoms with Crippen LogP contribution in [-0.2, 0) is 34.5 Å². The van der Waals surface area contributed by atoms with Crippen molar-refractivity contribution in [3.63, 3.8) is 0 Å². The average molecular weight is 572 g/mol. The van der Waals surface area contributed by atoms with E-state index in [2.05, 4.69) is 16.3 Å². The van der Waals surface area contributed by atoms with Gasteiger partial charge in [0, 0.05) is 42.9 Å². The summed E-state index contributed by atoms with van der Waals surface area (Å²) in [6, 6.07) is 7.74. The number of hydrogen-bond acceptors (Lipinski definition) is 6. The Morgan fingerprint density at radius 3 is 2.90 bits per heavy atom. The maximum absolute atomic E-state index is 14.2. The molecule has 4 heterocycles. The third kappa shape index (κ3) is 5.53. The van der Waals surface area contributed by atoms with Crippen molar-refractivity contribution in [2.75, 3.05) is 25.0 Å². The van der Waals surface area contributed by atoms with Crippen molar-refractivity contribution in [3.8, 4) is 5.88 Å². The quantitative estimate of drug-likeness (QED) is 0.493. The molecular weight excluding hydrogens is 535 g/mol. The third-order valence-electron chi connectivity index (χ3n) is 8.60. The van der Waals surface area contributed by atoms with Gasteiger partial charge in [-0.3, -0.25) is 10.2 Å². The number of amides is 1. The number of nitrogens with one attached hydrogen (secondary N) is 1. The van der Waals surface area contributed by atoms with Gasteiger partial charge in [0.05, 0.1) is 28.5 Å². The minimum absolute atomic E-state index is 0. The zero-order chi connectivity index (χ0) is 27.4. The Hall–Kier alpha value is -2.46. The highest BCUT2D eigenvalue weighted by Crippen LogP contribution is 2.47. The number of carbonyl (C=O) groups excluding carboxylic acids is 1. The molecule has 2 aromatic rings. The number of nitrogens with zero attached hydrogens (tertiary/aromatic N) is 3. The summed E-state index contributed by atoms with van der Waals surface area (Å²) in [5, 5.41) is 3.45. The van der Waals surface area contributed by atoms with E-state index in [0.29, 0.717) is 49.2 Å². The molecule has 1 spiro atoms. The molecule has 1 N–H and O–H groups in total. The SMILES string of the molecule is CC(C)(C)OC(=O)Nc1ccc2c(c1)[C@]1(CCC2)Cc2nc(OC[C@@]34CCCN3C[C@H](F)C4)cc(Cl)c2CO1.[N]. The minimum atomic E-state index is -0.799. The van der Waals surface area contributed by atoms with Crippen LogP contribution in [0.4, 0.5) is 14.9 Å². The number of halogens is 2. The Morgan fingerprint density at radius 2 is 2.10 bits per heavy atom. The molecule has 10 heteroatoms. The van der Waals surface area contributed by atoms with Crippen LogP contribution >= 0.6 is 11.6 Å². The lowest BCUT2D eigenvalue weighted by molar-refractivity contribution is -0.0855. The molecule has 0 unspecified atom stereocenters. The molecule has 1 amide bonds. The summed E-state index contributed by atoms with van der Waals surface area (Å²) in [7, 11) is 0. The summed E-state index contributed by atoms with van der Waals surface area (Å²) in [4.78, 5) is 19.6. The second kappa shape index (κ2) is 10.7. The molecule has 2 fully saturated rings. The molecule has 1 aliphatic carbocycles. The lowest BCUT2D eigenvalue weighted by Gasteiger charge is -2.42. The number of fused-ring (bicyclic) bond motifs is 4. The van der Waals surface area contributed by atoms with E-state index in [1.807, 2.05) is 32.9 Å². The monoisotopic (exact) mass is 571 g/mol. The van der Waals surface area contributed by atoms with E-state index in [1.165, 1.54) is 5.56 Å². The van der Waals surface area contributed by atoms with E-state index in [0.717, 1.165) is 55.5 Å². The van der Waals surface area contributed by atoms with E-state index < -0.39 is 23.5 Å². The second-order valence-electron chi connectivity index (χ2n) is 12.5. The number of anilines is 1. The number of aryl methyl sites for hydroxylation is 1. The number of benzene rings is 1. The predicted octanol–water partition coefficient (Wildman–Crippen LogP) is 5.86. The molecule has 40 heavy (non-hydrogen) atoms. The number of alkyl halides is 1. The number of carbonyl (C=O) groups is 1. The van der Waals surface area contributed by atoms with E-state index in [-0.39, 0.29) is 11.7 Å². The van der Waals surface area contributed by atoms with Crippen molar-refractivity contribution in [2.24, 2.45) is 0 Å². The van der Waals surface area contributed by atoms with Gasteiger partial charge in [0.2, 0.25) is 5.88 Å². The fraction of sp³-hybridized carbons (Fsp3) is 0.600. The van der Waals surface area contributed by atoms with Gasteiger partial charge in [0.15, 0.2) is 0 Å². The molecule has 215 valence electrons. The standard InChI is InChI=1S/C30H37ClFN3O4.N/c1-28(2,3)39-27(36)33-21-8-7-19-6-4-10-30(23(19)12-21)15-25-22(17-38-30)24(31)13-26(34-25)37-18-29-9-5-11-35(29)16-20(32)14-29;/h7-8,12-13,20H,4-6,9-11,14-18H2,1-3H3,(H,33,36);/t20-,29+,30+;/m1./s1. The van der Waals surface area contributed by atoms with E-state index in [4.69, 9.17) is 30.8 Å². The molecule has 1 aromatic carbocycles. The van der Waals surface area contributed by atoms with Gasteiger partial charge < -0.3 is 14.2 Å². The summed E-state index contributed by atoms with van der Waals surface area (Å²) in [6.45, 7) is 7.70. The van der Waals surface area contributed by atoms with E-state index >= 15 is 0 Å². The zero-order valence-corrected chi connectivity index (χ0v) is 24.2. The Balaban J connectivity index is 0.00000323. The maximum Gasteiger partial charge on any atom is 0.412 e. The molecule has 0 bridgehead atoms. The van der Waals surface area contributed by atoms with Crippen LogP contribution in [0.15, 0.2) is 24.3 Å². The summed E-state index contributed by atoms with van der Waals surface area (Å²) in [6.07, 6.45) is 4.59. The Morgan fingerprint density at radius 1 is 1.27 bits per heavy atom. The molecular formula is C30H37ClFN4O4. The van der Waals surface area contributed by atoms with Crippen molar-refractivity contribution in [1.29, 1.82) is 0 Å². The van der Waals surface area contributed by atoms with Crippen LogP contribution in [0.3, 0.4) is 0 Å². The lowest BCUT2D eigenvalue weighted by atomic mass is 9.74. The fourth-order valence-corrected chi connectivity index (χ4v) is 7.13. The predicted molar refractivity (Wildman–Crippen MR) is 149 cm³/mol. The van der Waals surface area contributed by atoms with Crippen molar-refractivity contribution in [3.05, 3.63) is 51.7 Å². The maximum atomic E-state index is 14.2. The smallest absolute Gasteiger partial charge is 0.412 e. The van der Waals surface area contributed by atoms with Crippen LogP contribution in [0.25, 0.3) is 0 Å². The molecule has 1 aromatic heterocycles. The summed E-state index contributed by atoms with van der Waals surface area (Å²) in [5.74, 6) is 0.482. The highest BCUT2D eigenvalue weighted by atomic mass is 35.5. The van der Waals surface area contributed by atoms with Crippen LogP contribution in [0.5, 0.6) is 5.88 Å². The zero-order valence-electron chi connectivity index (χ0n) is 23.4. The second-order valence-corrected chi connectivity index (χ2v) is 13.0. The van der Waals surface area contributed by atoms with Crippen molar-refractivity contribution in [1.82, 2.24) is 16.0 Å². The van der Waals surface area contributed by atoms with Gasteiger partial charge >= 0.3 is 6.09 Å². The highest BCUT2D eigenvalue weighted by Gasteiger charge is 2.49. The Kier molecular flexibility index (Phi) is 7.80. The summed E-state index contributed by atoms with van der Waals surface area (Å²) < 4.78 is 32.5. The van der Waals surface area contributed by atoms with Crippen LogP contribution in [-0.4, -0.2) is 53.0 Å². The lowest BCUT2D eigenvalue weighted by Crippen LogP contribution is -2.43. The summed E-state index contributed by atoms with van der Waals surface area (Å²) >= 11 is 6.71. The molecule has 3 radical (unpaired) electrons. The number of rotatable bonds is 4. The van der Waals surface area contributed by atoms with Crippen molar-refractivity contribution < 1.29 is 23.4 Å². The van der Waals surface area contributed by atoms with Gasteiger partial charge in [-0.25, -0.2) is 14.2 Å². The first-order valence-corrected chi connectivity index (χ1v) is 14.4. The first kappa shape index (κ1) is 29.0. The Bertz CT molecular complexity index is 1290. The number of ether oxygens (including phenoxy) is 3. The molecule has 6 rings (SSSR count).